The van der Waals surface area contributed by atoms with Crippen molar-refractivity contribution in [2.75, 3.05) is 5.32 Å². The molecule has 1 aromatic carbocycles. The van der Waals surface area contributed by atoms with Crippen LogP contribution < -0.4 is 16.6 Å². The molecule has 158 valence electrons. The Bertz CT molecular complexity index is 1390. The number of pyridine rings is 1. The average molecular weight is 442 g/mol. The fraction of sp³-hybridized carbons (Fsp3) is 0.176. The molecule has 1 amide bonds. The van der Waals surface area contributed by atoms with Crippen LogP contribution in [0, 0.1) is 0 Å². The van der Waals surface area contributed by atoms with Crippen LogP contribution in [0.3, 0.4) is 0 Å². The lowest BCUT2D eigenvalue weighted by Gasteiger charge is -2.10. The number of aromatic nitrogens is 3. The van der Waals surface area contributed by atoms with Crippen molar-refractivity contribution in [2.24, 2.45) is 14.1 Å². The summed E-state index contributed by atoms with van der Waals surface area (Å²) in [6.45, 7) is 0. The molecule has 0 atom stereocenters. The van der Waals surface area contributed by atoms with E-state index in [0.717, 1.165) is 21.3 Å². The van der Waals surface area contributed by atoms with Gasteiger partial charge in [-0.25, -0.2) is 18.2 Å². The molecular weight excluding hydrogens is 429 g/mol. The second-order valence-electron chi connectivity index (χ2n) is 6.23. The quantitative estimate of drug-likeness (QED) is 0.651. The number of amides is 1. The maximum Gasteiger partial charge on any atom is 0.501 e. The molecule has 0 unspecified atom stereocenters. The zero-order chi connectivity index (χ0) is 22.4. The summed E-state index contributed by atoms with van der Waals surface area (Å²) in [5.74, 6) is -0.770. The van der Waals surface area contributed by atoms with Gasteiger partial charge in [0.1, 0.15) is 5.65 Å². The van der Waals surface area contributed by atoms with Crippen LogP contribution in [0.25, 0.3) is 11.0 Å². The molecular formula is C17H13F3N4O5S. The number of anilines is 1. The lowest BCUT2D eigenvalue weighted by Crippen LogP contribution is -2.37. The van der Waals surface area contributed by atoms with Crippen LogP contribution in [0.2, 0.25) is 0 Å². The van der Waals surface area contributed by atoms with E-state index >= 15 is 0 Å². The van der Waals surface area contributed by atoms with Crippen molar-refractivity contribution in [1.82, 2.24) is 14.1 Å². The van der Waals surface area contributed by atoms with E-state index in [9.17, 15) is 36.0 Å². The van der Waals surface area contributed by atoms with E-state index < -0.39 is 37.4 Å². The van der Waals surface area contributed by atoms with Crippen LogP contribution in [-0.4, -0.2) is 34.0 Å². The second-order valence-corrected chi connectivity index (χ2v) is 8.17. The van der Waals surface area contributed by atoms with Crippen molar-refractivity contribution in [3.8, 4) is 0 Å². The summed E-state index contributed by atoms with van der Waals surface area (Å²) in [7, 11) is -2.82. The number of carbonyl (C=O) groups excluding carboxylic acids is 1. The molecule has 0 aliphatic heterocycles. The summed E-state index contributed by atoms with van der Waals surface area (Å²) >= 11 is 0. The molecule has 0 radical (unpaired) electrons. The van der Waals surface area contributed by atoms with Crippen LogP contribution in [0.1, 0.15) is 10.4 Å². The third-order valence-corrected chi connectivity index (χ3v) is 5.78. The van der Waals surface area contributed by atoms with Gasteiger partial charge in [0.25, 0.3) is 21.3 Å². The highest BCUT2D eigenvalue weighted by Crippen LogP contribution is 2.30. The first-order valence-corrected chi connectivity index (χ1v) is 9.61. The molecule has 1 N–H and O–H groups in total. The van der Waals surface area contributed by atoms with Gasteiger partial charge >= 0.3 is 11.2 Å². The SMILES string of the molecule is Cn1c(=O)c2cc(NC(=O)c3ccc(S(=O)(=O)C(F)(F)F)cc3)cnc2n(C)c1=O. The maximum atomic E-state index is 12.6. The molecule has 0 bridgehead atoms. The minimum Gasteiger partial charge on any atom is -0.321 e. The molecule has 0 aliphatic rings. The minimum atomic E-state index is -5.53. The van der Waals surface area contributed by atoms with E-state index in [4.69, 9.17) is 0 Å². The number of hydrogen-bond acceptors (Lipinski definition) is 6. The van der Waals surface area contributed by atoms with Crippen molar-refractivity contribution in [3.63, 3.8) is 0 Å². The predicted molar refractivity (Wildman–Crippen MR) is 99.9 cm³/mol. The van der Waals surface area contributed by atoms with E-state index in [1.807, 2.05) is 0 Å². The number of carbonyl (C=O) groups is 1. The highest BCUT2D eigenvalue weighted by molar-refractivity contribution is 7.92. The van der Waals surface area contributed by atoms with E-state index in [1.54, 1.807) is 0 Å². The Hall–Kier alpha value is -3.48. The number of rotatable bonds is 3. The standard InChI is InChI=1S/C17H13F3N4O5S/c1-23-13-12(15(26)24(2)16(23)27)7-10(8-21-13)22-14(25)9-3-5-11(6-4-9)30(28,29)17(18,19)20/h3-8H,1-2H3,(H,22,25). The Morgan fingerprint density at radius 2 is 1.67 bits per heavy atom. The van der Waals surface area contributed by atoms with Gasteiger partial charge in [-0.3, -0.25) is 18.7 Å². The van der Waals surface area contributed by atoms with Crippen LogP contribution in [-0.2, 0) is 23.9 Å². The summed E-state index contributed by atoms with van der Waals surface area (Å²) in [5.41, 5.74) is -6.59. The van der Waals surface area contributed by atoms with Crippen LogP contribution in [0.15, 0.2) is 51.0 Å². The molecule has 0 saturated carbocycles. The minimum absolute atomic E-state index is 0.0593. The van der Waals surface area contributed by atoms with Crippen molar-refractivity contribution in [3.05, 3.63) is 62.9 Å². The first-order valence-electron chi connectivity index (χ1n) is 8.13. The molecule has 30 heavy (non-hydrogen) atoms. The Morgan fingerprint density at radius 1 is 1.07 bits per heavy atom. The molecule has 2 heterocycles. The maximum absolute atomic E-state index is 12.6. The molecule has 3 aromatic rings. The number of aryl methyl sites for hydroxylation is 1. The van der Waals surface area contributed by atoms with Crippen LogP contribution in [0.5, 0.6) is 0 Å². The lowest BCUT2D eigenvalue weighted by atomic mass is 10.2. The summed E-state index contributed by atoms with van der Waals surface area (Å²) in [6, 6.07) is 4.48. The monoisotopic (exact) mass is 442 g/mol. The first kappa shape index (κ1) is 21.2. The Balaban J connectivity index is 1.92. The third-order valence-electron chi connectivity index (χ3n) is 4.28. The van der Waals surface area contributed by atoms with Crippen LogP contribution >= 0.6 is 0 Å². The Morgan fingerprint density at radius 3 is 2.23 bits per heavy atom. The first-order chi connectivity index (χ1) is 13.8. The molecule has 0 fully saturated rings. The van der Waals surface area contributed by atoms with Gasteiger partial charge < -0.3 is 5.32 Å². The zero-order valence-electron chi connectivity index (χ0n) is 15.4. The van der Waals surface area contributed by atoms with Crippen molar-refractivity contribution in [1.29, 1.82) is 0 Å². The lowest BCUT2D eigenvalue weighted by molar-refractivity contribution is -0.0436. The van der Waals surface area contributed by atoms with Gasteiger partial charge in [0.15, 0.2) is 0 Å². The van der Waals surface area contributed by atoms with Gasteiger partial charge in [0.05, 0.1) is 22.2 Å². The van der Waals surface area contributed by atoms with Gasteiger partial charge in [-0.1, -0.05) is 0 Å². The fourth-order valence-electron chi connectivity index (χ4n) is 2.66. The molecule has 9 nitrogen and oxygen atoms in total. The second kappa shape index (κ2) is 7.09. The van der Waals surface area contributed by atoms with Gasteiger partial charge in [-0.05, 0) is 30.3 Å². The summed E-state index contributed by atoms with van der Waals surface area (Å²) in [6.07, 6.45) is 1.20. The van der Waals surface area contributed by atoms with Crippen LogP contribution in [0.4, 0.5) is 18.9 Å². The average Bonchev–Trinajstić information content (AvgIpc) is 2.69. The molecule has 2 aromatic heterocycles. The molecule has 0 saturated heterocycles. The molecule has 0 aliphatic carbocycles. The zero-order valence-corrected chi connectivity index (χ0v) is 16.2. The van der Waals surface area contributed by atoms with Crippen molar-refractivity contribution in [2.45, 2.75) is 10.4 Å². The number of halogens is 3. The number of alkyl halides is 3. The number of sulfone groups is 1. The van der Waals surface area contributed by atoms with Gasteiger partial charge in [-0.2, -0.15) is 13.2 Å². The topological polar surface area (TPSA) is 120 Å². The summed E-state index contributed by atoms with van der Waals surface area (Å²) in [5, 5.41) is 2.47. The molecule has 13 heteroatoms. The summed E-state index contributed by atoms with van der Waals surface area (Å²) < 4.78 is 62.5. The predicted octanol–water partition coefficient (Wildman–Crippen LogP) is 1.18. The van der Waals surface area contributed by atoms with Gasteiger partial charge in [0, 0.05) is 19.7 Å². The van der Waals surface area contributed by atoms with E-state index in [0.29, 0.717) is 12.1 Å². The smallest absolute Gasteiger partial charge is 0.321 e. The number of fused-ring (bicyclic) bond motifs is 1. The van der Waals surface area contributed by atoms with Gasteiger partial charge in [0.2, 0.25) is 0 Å². The molecule has 3 rings (SSSR count). The van der Waals surface area contributed by atoms with E-state index in [-0.39, 0.29) is 22.3 Å². The molecule has 0 spiro atoms. The number of hydrogen-bond donors (Lipinski definition) is 1. The van der Waals surface area contributed by atoms with Crippen molar-refractivity contribution < 1.29 is 26.4 Å². The highest BCUT2D eigenvalue weighted by Gasteiger charge is 2.46. The van der Waals surface area contributed by atoms with Crippen molar-refractivity contribution >= 4 is 32.5 Å². The normalized spacial score (nSPS) is 12.2. The van der Waals surface area contributed by atoms with Gasteiger partial charge in [-0.15, -0.1) is 0 Å². The summed E-state index contributed by atoms with van der Waals surface area (Å²) in [4.78, 5) is 39.5. The number of nitrogens with one attached hydrogen (secondary N) is 1. The fourth-order valence-corrected chi connectivity index (χ4v) is 3.42. The Labute approximate surface area is 166 Å². The third kappa shape index (κ3) is 3.47. The van der Waals surface area contributed by atoms with E-state index in [2.05, 4.69) is 10.3 Å². The largest absolute Gasteiger partial charge is 0.501 e. The Kier molecular flexibility index (Phi) is 5.02. The number of benzene rings is 1. The number of nitrogens with zero attached hydrogens (tertiary/aromatic N) is 3. The highest BCUT2D eigenvalue weighted by atomic mass is 32.2. The van der Waals surface area contributed by atoms with E-state index in [1.165, 1.54) is 26.4 Å².